The lowest BCUT2D eigenvalue weighted by Gasteiger charge is -2.18. The molecule has 0 saturated carbocycles. The van der Waals surface area contributed by atoms with Crippen molar-refractivity contribution in [2.24, 2.45) is 0 Å². The maximum Gasteiger partial charge on any atom is 0.340 e. The van der Waals surface area contributed by atoms with Crippen LogP contribution >= 0.6 is 0 Å². The first-order chi connectivity index (χ1) is 13.3. The molecule has 0 bridgehead atoms. The van der Waals surface area contributed by atoms with Crippen LogP contribution in [-0.4, -0.2) is 30.1 Å². The SMILES string of the molecule is COC(=O)C1=C(C)N(c2ccccc2F)C(=O)/C1=C\c1ccc(C(=O)O)cc1. The Morgan fingerprint density at radius 3 is 2.32 bits per heavy atom. The molecule has 1 aliphatic heterocycles. The molecule has 2 aromatic rings. The first-order valence-corrected chi connectivity index (χ1v) is 8.28. The van der Waals surface area contributed by atoms with Gasteiger partial charge in [0.1, 0.15) is 5.82 Å². The molecule has 0 aromatic heterocycles. The standard InChI is InChI=1S/C21H16FNO5/c1-12-18(21(27)28-2)15(11-13-7-9-14(10-8-13)20(25)26)19(24)23(12)17-6-4-3-5-16(17)22/h3-11H,1-2H3,(H,25,26)/b15-11-. The summed E-state index contributed by atoms with van der Waals surface area (Å²) in [7, 11) is 1.19. The highest BCUT2D eigenvalue weighted by atomic mass is 19.1. The molecule has 142 valence electrons. The smallest absolute Gasteiger partial charge is 0.340 e. The number of rotatable bonds is 4. The second-order valence-electron chi connectivity index (χ2n) is 6.03. The highest BCUT2D eigenvalue weighted by Crippen LogP contribution is 2.36. The lowest BCUT2D eigenvalue weighted by Crippen LogP contribution is -2.25. The second-order valence-corrected chi connectivity index (χ2v) is 6.03. The van der Waals surface area contributed by atoms with E-state index >= 15 is 0 Å². The van der Waals surface area contributed by atoms with E-state index in [1.165, 1.54) is 62.6 Å². The van der Waals surface area contributed by atoms with Gasteiger partial charge in [-0.05, 0) is 42.8 Å². The summed E-state index contributed by atoms with van der Waals surface area (Å²) in [5, 5.41) is 8.99. The summed E-state index contributed by atoms with van der Waals surface area (Å²) in [6.45, 7) is 1.53. The van der Waals surface area contributed by atoms with E-state index in [0.29, 0.717) is 5.56 Å². The van der Waals surface area contributed by atoms with Crippen LogP contribution in [0.1, 0.15) is 22.8 Å². The molecule has 1 amide bonds. The quantitative estimate of drug-likeness (QED) is 0.648. The van der Waals surface area contributed by atoms with Crippen molar-refractivity contribution in [3.05, 3.63) is 82.3 Å². The molecule has 0 unspecified atom stereocenters. The van der Waals surface area contributed by atoms with Gasteiger partial charge in [0.15, 0.2) is 0 Å². The highest BCUT2D eigenvalue weighted by molar-refractivity contribution is 6.23. The number of para-hydroxylation sites is 1. The zero-order valence-electron chi connectivity index (χ0n) is 15.1. The monoisotopic (exact) mass is 381 g/mol. The van der Waals surface area contributed by atoms with Crippen molar-refractivity contribution in [2.75, 3.05) is 12.0 Å². The first-order valence-electron chi connectivity index (χ1n) is 8.28. The van der Waals surface area contributed by atoms with Crippen molar-refractivity contribution < 1.29 is 28.6 Å². The Bertz CT molecular complexity index is 1040. The van der Waals surface area contributed by atoms with Gasteiger partial charge in [0, 0.05) is 5.70 Å². The van der Waals surface area contributed by atoms with E-state index in [9.17, 15) is 18.8 Å². The highest BCUT2D eigenvalue weighted by Gasteiger charge is 2.38. The lowest BCUT2D eigenvalue weighted by molar-refractivity contribution is -0.136. The van der Waals surface area contributed by atoms with E-state index in [1.807, 2.05) is 0 Å². The van der Waals surface area contributed by atoms with Gasteiger partial charge in [0.25, 0.3) is 5.91 Å². The molecule has 1 aliphatic rings. The van der Waals surface area contributed by atoms with Crippen molar-refractivity contribution >= 4 is 29.6 Å². The third kappa shape index (κ3) is 3.29. The number of esters is 1. The van der Waals surface area contributed by atoms with Crippen LogP contribution in [0.25, 0.3) is 6.08 Å². The number of hydrogen-bond donors (Lipinski definition) is 1. The van der Waals surface area contributed by atoms with Crippen molar-refractivity contribution in [1.82, 2.24) is 0 Å². The number of allylic oxidation sites excluding steroid dienone is 1. The van der Waals surface area contributed by atoms with Gasteiger partial charge in [-0.3, -0.25) is 9.69 Å². The third-order valence-electron chi connectivity index (χ3n) is 4.35. The Morgan fingerprint density at radius 1 is 1.11 bits per heavy atom. The topological polar surface area (TPSA) is 83.9 Å². The Hall–Kier alpha value is -3.74. The van der Waals surface area contributed by atoms with Crippen molar-refractivity contribution in [1.29, 1.82) is 0 Å². The van der Waals surface area contributed by atoms with Crippen LogP contribution in [0.3, 0.4) is 0 Å². The number of aromatic carboxylic acids is 1. The van der Waals surface area contributed by atoms with E-state index in [0.717, 1.165) is 4.90 Å². The molecule has 0 spiro atoms. The molecule has 1 N–H and O–H groups in total. The number of halogens is 1. The number of carboxylic acids is 1. The van der Waals surface area contributed by atoms with Gasteiger partial charge < -0.3 is 9.84 Å². The Kier molecular flexibility index (Phi) is 5.08. The van der Waals surface area contributed by atoms with Gasteiger partial charge >= 0.3 is 11.9 Å². The van der Waals surface area contributed by atoms with Gasteiger partial charge in [-0.25, -0.2) is 14.0 Å². The molecule has 2 aromatic carbocycles. The summed E-state index contributed by atoms with van der Waals surface area (Å²) in [6, 6.07) is 11.5. The van der Waals surface area contributed by atoms with E-state index in [4.69, 9.17) is 9.84 Å². The number of anilines is 1. The van der Waals surface area contributed by atoms with Crippen LogP contribution in [0.2, 0.25) is 0 Å². The predicted molar refractivity (Wildman–Crippen MR) is 100.0 cm³/mol. The van der Waals surface area contributed by atoms with Crippen LogP contribution in [-0.2, 0) is 14.3 Å². The summed E-state index contributed by atoms with van der Waals surface area (Å²) in [5.41, 5.74) is 0.936. The number of amides is 1. The Labute approximate surface area is 160 Å². The summed E-state index contributed by atoms with van der Waals surface area (Å²) in [5.74, 6) is -2.98. The molecule has 28 heavy (non-hydrogen) atoms. The summed E-state index contributed by atoms with van der Waals surface area (Å²) in [4.78, 5) is 37.4. The molecular weight excluding hydrogens is 365 g/mol. The minimum absolute atomic E-state index is 0.0241. The fraction of sp³-hybridized carbons (Fsp3) is 0.0952. The number of benzene rings is 2. The van der Waals surface area contributed by atoms with Gasteiger partial charge in [-0.1, -0.05) is 24.3 Å². The number of methoxy groups -OCH3 is 1. The Balaban J connectivity index is 2.12. The average Bonchev–Trinajstić information content (AvgIpc) is 2.92. The van der Waals surface area contributed by atoms with E-state index in [2.05, 4.69) is 0 Å². The van der Waals surface area contributed by atoms with Gasteiger partial charge in [-0.2, -0.15) is 0 Å². The molecule has 7 heteroatoms. The molecule has 6 nitrogen and oxygen atoms in total. The third-order valence-corrected chi connectivity index (χ3v) is 4.35. The van der Waals surface area contributed by atoms with Gasteiger partial charge in [0.2, 0.25) is 0 Å². The fourth-order valence-electron chi connectivity index (χ4n) is 2.99. The predicted octanol–water partition coefficient (Wildman–Crippen LogP) is 3.40. The van der Waals surface area contributed by atoms with Gasteiger partial charge in [-0.15, -0.1) is 0 Å². The molecule has 0 radical (unpaired) electrons. The van der Waals surface area contributed by atoms with E-state index in [1.54, 1.807) is 6.07 Å². The van der Waals surface area contributed by atoms with E-state index in [-0.39, 0.29) is 28.1 Å². The van der Waals surface area contributed by atoms with Crippen molar-refractivity contribution in [3.8, 4) is 0 Å². The summed E-state index contributed by atoms with van der Waals surface area (Å²) in [6.07, 6.45) is 1.45. The fourth-order valence-corrected chi connectivity index (χ4v) is 2.99. The van der Waals surface area contributed by atoms with Crippen LogP contribution < -0.4 is 4.90 Å². The van der Waals surface area contributed by atoms with Crippen molar-refractivity contribution in [2.45, 2.75) is 6.92 Å². The number of carboxylic acid groups (broad SMARTS) is 1. The van der Waals surface area contributed by atoms with E-state index < -0.39 is 23.7 Å². The van der Waals surface area contributed by atoms with Crippen LogP contribution in [0.15, 0.2) is 65.4 Å². The zero-order chi connectivity index (χ0) is 20.4. The summed E-state index contributed by atoms with van der Waals surface area (Å²) >= 11 is 0. The van der Waals surface area contributed by atoms with Crippen LogP contribution in [0.5, 0.6) is 0 Å². The van der Waals surface area contributed by atoms with Crippen LogP contribution in [0, 0.1) is 5.82 Å². The Morgan fingerprint density at radius 2 is 1.75 bits per heavy atom. The number of ether oxygens (including phenoxy) is 1. The minimum Gasteiger partial charge on any atom is -0.478 e. The number of nitrogens with zero attached hydrogens (tertiary/aromatic N) is 1. The largest absolute Gasteiger partial charge is 0.478 e. The molecule has 3 rings (SSSR count). The molecular formula is C21H16FNO5. The molecule has 0 saturated heterocycles. The number of carbonyl (C=O) groups excluding carboxylic acids is 2. The minimum atomic E-state index is -1.08. The average molecular weight is 381 g/mol. The van der Waals surface area contributed by atoms with Crippen LogP contribution in [0.4, 0.5) is 10.1 Å². The summed E-state index contributed by atoms with van der Waals surface area (Å²) < 4.78 is 19.1. The molecule has 0 fully saturated rings. The lowest BCUT2D eigenvalue weighted by atomic mass is 10.0. The van der Waals surface area contributed by atoms with Gasteiger partial charge in [0.05, 0.1) is 29.5 Å². The zero-order valence-corrected chi connectivity index (χ0v) is 15.1. The molecule has 0 aliphatic carbocycles. The first kappa shape index (κ1) is 19.0. The maximum absolute atomic E-state index is 14.3. The maximum atomic E-state index is 14.3. The number of hydrogen-bond acceptors (Lipinski definition) is 4. The second kappa shape index (κ2) is 7.48. The molecule has 1 heterocycles. The van der Waals surface area contributed by atoms with Crippen molar-refractivity contribution in [3.63, 3.8) is 0 Å². The molecule has 0 atom stereocenters. The normalized spacial score (nSPS) is 15.3. The number of carbonyl (C=O) groups is 3.